The molecule has 3 rings (SSSR count). The first kappa shape index (κ1) is 11.4. The maximum Gasteiger partial charge on any atom is 0.230 e. The van der Waals surface area contributed by atoms with Crippen molar-refractivity contribution in [3.63, 3.8) is 0 Å². The molecule has 0 radical (unpaired) electrons. The molecule has 0 aliphatic carbocycles. The second kappa shape index (κ2) is 3.65. The Morgan fingerprint density at radius 1 is 1.33 bits per heavy atom. The van der Waals surface area contributed by atoms with Crippen molar-refractivity contribution in [1.29, 1.82) is 0 Å². The molecule has 0 fully saturated rings. The molecule has 0 saturated carbocycles. The van der Waals surface area contributed by atoms with E-state index in [9.17, 15) is 0 Å². The van der Waals surface area contributed by atoms with Crippen LogP contribution in [0.2, 0.25) is 5.02 Å². The van der Waals surface area contributed by atoms with E-state index in [1.165, 1.54) is 0 Å². The molecule has 18 heavy (non-hydrogen) atoms. The summed E-state index contributed by atoms with van der Waals surface area (Å²) in [5, 5.41) is 4.35. The van der Waals surface area contributed by atoms with Crippen LogP contribution < -0.4 is 10.5 Å². The first-order chi connectivity index (χ1) is 8.46. The summed E-state index contributed by atoms with van der Waals surface area (Å²) < 4.78 is 10.9. The van der Waals surface area contributed by atoms with E-state index in [2.05, 4.69) is 5.16 Å². The number of ether oxygens (including phenoxy) is 1. The van der Waals surface area contributed by atoms with Gasteiger partial charge in [-0.15, -0.1) is 0 Å². The van der Waals surface area contributed by atoms with Crippen molar-refractivity contribution in [2.75, 3.05) is 5.73 Å². The molecule has 1 aliphatic rings. The number of aromatic nitrogens is 1. The van der Waals surface area contributed by atoms with E-state index in [4.69, 9.17) is 26.6 Å². The van der Waals surface area contributed by atoms with Crippen LogP contribution in [0.15, 0.2) is 22.9 Å². The Morgan fingerprint density at radius 3 is 2.78 bits per heavy atom. The molecule has 94 valence electrons. The fourth-order valence-corrected chi connectivity index (χ4v) is 2.56. The highest BCUT2D eigenvalue weighted by Crippen LogP contribution is 2.45. The minimum atomic E-state index is -0.228. The van der Waals surface area contributed by atoms with E-state index >= 15 is 0 Å². The van der Waals surface area contributed by atoms with Crippen molar-refractivity contribution in [3.05, 3.63) is 28.9 Å². The number of benzene rings is 1. The zero-order valence-corrected chi connectivity index (χ0v) is 10.9. The summed E-state index contributed by atoms with van der Waals surface area (Å²) >= 11 is 6.14. The molecule has 2 aromatic rings. The third kappa shape index (κ3) is 1.73. The maximum absolute atomic E-state index is 6.14. The molecule has 0 unspecified atom stereocenters. The van der Waals surface area contributed by atoms with E-state index in [0.717, 1.165) is 23.3 Å². The van der Waals surface area contributed by atoms with E-state index in [1.807, 2.05) is 26.0 Å². The maximum atomic E-state index is 6.14. The van der Waals surface area contributed by atoms with Gasteiger partial charge in [-0.05, 0) is 26.0 Å². The fraction of sp³-hybridized carbons (Fsp3) is 0.308. The molecule has 1 aliphatic heterocycles. The Kier molecular flexibility index (Phi) is 2.32. The lowest BCUT2D eigenvalue weighted by Gasteiger charge is -2.18. The van der Waals surface area contributed by atoms with Gasteiger partial charge in [-0.2, -0.15) is 0 Å². The summed E-state index contributed by atoms with van der Waals surface area (Å²) in [6.45, 7) is 4.09. The Balaban J connectivity index is 2.21. The summed E-state index contributed by atoms with van der Waals surface area (Å²) in [4.78, 5) is 0. The lowest BCUT2D eigenvalue weighted by Crippen LogP contribution is -2.24. The number of nitrogens with zero attached hydrogens (tertiary/aromatic N) is 1. The van der Waals surface area contributed by atoms with Gasteiger partial charge in [-0.3, -0.25) is 0 Å². The number of rotatable bonds is 1. The lowest BCUT2D eigenvalue weighted by molar-refractivity contribution is 0.139. The SMILES string of the molecule is CC1(C)Cc2cc(Cl)cc(-c3cnoc3N)c2O1. The van der Waals surface area contributed by atoms with Crippen LogP contribution in [0.4, 0.5) is 5.88 Å². The Bertz CT molecular complexity index is 619. The quantitative estimate of drug-likeness (QED) is 0.859. The molecule has 4 nitrogen and oxygen atoms in total. The number of halogens is 1. The van der Waals surface area contributed by atoms with Crippen molar-refractivity contribution in [3.8, 4) is 16.9 Å². The molecule has 0 spiro atoms. The van der Waals surface area contributed by atoms with Crippen LogP contribution in [0.25, 0.3) is 11.1 Å². The van der Waals surface area contributed by atoms with Crippen molar-refractivity contribution in [2.45, 2.75) is 25.9 Å². The Morgan fingerprint density at radius 2 is 2.11 bits per heavy atom. The summed E-state index contributed by atoms with van der Waals surface area (Å²) in [5.74, 6) is 1.09. The van der Waals surface area contributed by atoms with Gasteiger partial charge >= 0.3 is 0 Å². The standard InChI is InChI=1S/C13H13ClN2O2/c1-13(2)5-7-3-8(14)4-9(11(7)17-13)10-6-16-18-12(10)15/h3-4,6H,5,15H2,1-2H3. The topological polar surface area (TPSA) is 61.3 Å². The normalized spacial score (nSPS) is 16.4. The highest BCUT2D eigenvalue weighted by Gasteiger charge is 2.33. The zero-order chi connectivity index (χ0) is 12.9. The molecule has 1 aromatic carbocycles. The molecule has 2 N–H and O–H groups in total. The van der Waals surface area contributed by atoms with Gasteiger partial charge in [0.25, 0.3) is 0 Å². The predicted molar refractivity (Wildman–Crippen MR) is 69.8 cm³/mol. The third-order valence-corrected chi connectivity index (χ3v) is 3.23. The smallest absolute Gasteiger partial charge is 0.230 e. The molecule has 5 heteroatoms. The Labute approximate surface area is 110 Å². The van der Waals surface area contributed by atoms with Gasteiger partial charge in [0.15, 0.2) is 0 Å². The number of nitrogens with two attached hydrogens (primary N) is 1. The van der Waals surface area contributed by atoms with Crippen LogP contribution in [0.5, 0.6) is 5.75 Å². The molecule has 0 saturated heterocycles. The summed E-state index contributed by atoms with van der Waals surface area (Å²) in [7, 11) is 0. The minimum absolute atomic E-state index is 0.228. The summed E-state index contributed by atoms with van der Waals surface area (Å²) in [6, 6.07) is 3.75. The fourth-order valence-electron chi connectivity index (χ4n) is 2.32. The van der Waals surface area contributed by atoms with Gasteiger partial charge in [0.2, 0.25) is 5.88 Å². The molecule has 0 bridgehead atoms. The van der Waals surface area contributed by atoms with Crippen LogP contribution >= 0.6 is 11.6 Å². The van der Waals surface area contributed by atoms with Gasteiger partial charge in [0, 0.05) is 22.6 Å². The largest absolute Gasteiger partial charge is 0.487 e. The van der Waals surface area contributed by atoms with Crippen LogP contribution in [-0.2, 0) is 6.42 Å². The lowest BCUT2D eigenvalue weighted by atomic mass is 9.99. The first-order valence-electron chi connectivity index (χ1n) is 5.68. The average Bonchev–Trinajstić information content (AvgIpc) is 2.79. The van der Waals surface area contributed by atoms with Crippen molar-refractivity contribution in [1.82, 2.24) is 5.16 Å². The molecule has 2 heterocycles. The van der Waals surface area contributed by atoms with Crippen molar-refractivity contribution >= 4 is 17.5 Å². The second-order valence-electron chi connectivity index (χ2n) is 5.08. The summed E-state index contributed by atoms with van der Waals surface area (Å²) in [6.07, 6.45) is 2.40. The third-order valence-electron chi connectivity index (χ3n) is 3.01. The van der Waals surface area contributed by atoms with E-state index < -0.39 is 0 Å². The van der Waals surface area contributed by atoms with Crippen molar-refractivity contribution in [2.24, 2.45) is 0 Å². The highest BCUT2D eigenvalue weighted by molar-refractivity contribution is 6.31. The van der Waals surface area contributed by atoms with Gasteiger partial charge in [-0.25, -0.2) is 0 Å². The molecule has 0 amide bonds. The van der Waals surface area contributed by atoms with Crippen molar-refractivity contribution < 1.29 is 9.26 Å². The van der Waals surface area contributed by atoms with Gasteiger partial charge in [-0.1, -0.05) is 16.8 Å². The van der Waals surface area contributed by atoms with E-state index in [0.29, 0.717) is 10.6 Å². The van der Waals surface area contributed by atoms with Crippen LogP contribution in [0, 0.1) is 0 Å². The monoisotopic (exact) mass is 264 g/mol. The average molecular weight is 265 g/mol. The molecule has 1 aromatic heterocycles. The first-order valence-corrected chi connectivity index (χ1v) is 6.06. The number of fused-ring (bicyclic) bond motifs is 1. The van der Waals surface area contributed by atoms with Gasteiger partial charge < -0.3 is 15.0 Å². The number of anilines is 1. The van der Waals surface area contributed by atoms with Gasteiger partial charge in [0.05, 0.1) is 11.8 Å². The number of nitrogen functional groups attached to an aromatic ring is 1. The number of hydrogen-bond acceptors (Lipinski definition) is 4. The Hall–Kier alpha value is -1.68. The minimum Gasteiger partial charge on any atom is -0.487 e. The van der Waals surface area contributed by atoms with E-state index in [1.54, 1.807) is 6.20 Å². The predicted octanol–water partition coefficient (Wildman–Crippen LogP) is 3.29. The van der Waals surface area contributed by atoms with Gasteiger partial charge in [0.1, 0.15) is 11.4 Å². The molecule has 0 atom stereocenters. The van der Waals surface area contributed by atoms with Crippen LogP contribution in [0.3, 0.4) is 0 Å². The highest BCUT2D eigenvalue weighted by atomic mass is 35.5. The zero-order valence-electron chi connectivity index (χ0n) is 10.2. The number of hydrogen-bond donors (Lipinski definition) is 1. The summed E-state index contributed by atoms with van der Waals surface area (Å²) in [5.41, 5.74) is 8.16. The second-order valence-corrected chi connectivity index (χ2v) is 5.52. The van der Waals surface area contributed by atoms with Crippen LogP contribution in [-0.4, -0.2) is 10.8 Å². The van der Waals surface area contributed by atoms with E-state index in [-0.39, 0.29) is 11.5 Å². The van der Waals surface area contributed by atoms with Crippen LogP contribution in [0.1, 0.15) is 19.4 Å². The molecular formula is C13H13ClN2O2. The molecular weight excluding hydrogens is 252 g/mol.